The molecule has 264 valence electrons. The van der Waals surface area contributed by atoms with E-state index in [1.54, 1.807) is 20.8 Å². The van der Waals surface area contributed by atoms with Crippen molar-refractivity contribution in [3.8, 4) is 0 Å². The quantitative estimate of drug-likeness (QED) is 0.0641. The fraction of sp³-hybridized carbons (Fsp3) is 0.622. The number of ether oxygens (including phenoxy) is 2. The van der Waals surface area contributed by atoms with Gasteiger partial charge in [-0.3, -0.25) is 9.05 Å². The molecule has 0 aromatic heterocycles. The standard InChI is InChI=1S/C37H58NO8P/c1-5-6-7-8-9-10-11-12-13-14-15-16-17-24-29-43-47(41,42)44-30-33(38-36(40)46-37(2,3)4)35(39)45-34(31-25-20-18-21-26-31)32-27-22-19-23-28-32/h18-23,25-28,33-34H,5-17,24,29-30H2,1-4H3,(H,38,40)(H,41,42)/t33-/m0/s1. The largest absolute Gasteiger partial charge is 0.472 e. The van der Waals surface area contributed by atoms with Gasteiger partial charge < -0.3 is 19.7 Å². The zero-order valence-corrected chi connectivity index (χ0v) is 29.9. The number of amides is 1. The van der Waals surface area contributed by atoms with Gasteiger partial charge in [-0.25, -0.2) is 14.2 Å². The number of carbonyl (C=O) groups excluding carboxylic acids is 2. The second-order valence-electron chi connectivity index (χ2n) is 13.0. The summed E-state index contributed by atoms with van der Waals surface area (Å²) in [6.45, 7) is 6.69. The number of carbonyl (C=O) groups is 2. The van der Waals surface area contributed by atoms with Crippen molar-refractivity contribution < 1.29 is 37.6 Å². The molecule has 0 saturated carbocycles. The van der Waals surface area contributed by atoms with Crippen LogP contribution >= 0.6 is 7.82 Å². The van der Waals surface area contributed by atoms with Gasteiger partial charge in [0.15, 0.2) is 12.1 Å². The van der Waals surface area contributed by atoms with Gasteiger partial charge in [0.1, 0.15) is 5.60 Å². The molecular weight excluding hydrogens is 617 g/mol. The zero-order valence-electron chi connectivity index (χ0n) is 29.0. The summed E-state index contributed by atoms with van der Waals surface area (Å²) in [4.78, 5) is 36.4. The van der Waals surface area contributed by atoms with Crippen LogP contribution in [0.25, 0.3) is 0 Å². The molecule has 1 unspecified atom stereocenters. The fourth-order valence-electron chi connectivity index (χ4n) is 5.08. The van der Waals surface area contributed by atoms with E-state index in [2.05, 4.69) is 12.2 Å². The number of esters is 1. The number of hydrogen-bond acceptors (Lipinski definition) is 7. The molecule has 0 aliphatic carbocycles. The molecule has 2 atom stereocenters. The van der Waals surface area contributed by atoms with Crippen molar-refractivity contribution >= 4 is 19.9 Å². The molecule has 9 nitrogen and oxygen atoms in total. The summed E-state index contributed by atoms with van der Waals surface area (Å²) in [6.07, 6.45) is 15.1. The van der Waals surface area contributed by atoms with Crippen LogP contribution in [0.3, 0.4) is 0 Å². The van der Waals surface area contributed by atoms with Gasteiger partial charge in [0, 0.05) is 0 Å². The molecule has 0 aliphatic heterocycles. The molecule has 0 bridgehead atoms. The molecule has 0 saturated heterocycles. The number of unbranched alkanes of at least 4 members (excludes halogenated alkanes) is 13. The maximum absolute atomic E-state index is 13.4. The lowest BCUT2D eigenvalue weighted by Crippen LogP contribution is -2.47. The fourth-order valence-corrected chi connectivity index (χ4v) is 5.86. The summed E-state index contributed by atoms with van der Waals surface area (Å²) in [5, 5.41) is 2.43. The minimum Gasteiger partial charge on any atom is -0.451 e. The van der Waals surface area contributed by atoms with Crippen LogP contribution in [-0.2, 0) is 27.9 Å². The number of phosphoric acid groups is 1. The van der Waals surface area contributed by atoms with Gasteiger partial charge in [0.2, 0.25) is 0 Å². The average Bonchev–Trinajstić information content (AvgIpc) is 3.03. The minimum atomic E-state index is -4.51. The summed E-state index contributed by atoms with van der Waals surface area (Å²) in [6, 6.07) is 16.9. The molecule has 0 aliphatic rings. The van der Waals surface area contributed by atoms with Gasteiger partial charge in [-0.1, -0.05) is 151 Å². The average molecular weight is 676 g/mol. The van der Waals surface area contributed by atoms with Crippen molar-refractivity contribution in [3.63, 3.8) is 0 Å². The van der Waals surface area contributed by atoms with Crippen LogP contribution in [0.4, 0.5) is 4.79 Å². The third kappa shape index (κ3) is 19.0. The number of alkyl carbamates (subject to hydrolysis) is 1. The van der Waals surface area contributed by atoms with Crippen LogP contribution in [0.5, 0.6) is 0 Å². The van der Waals surface area contributed by atoms with Gasteiger partial charge in [0.25, 0.3) is 0 Å². The predicted molar refractivity (Wildman–Crippen MR) is 186 cm³/mol. The van der Waals surface area contributed by atoms with Crippen LogP contribution in [0, 0.1) is 0 Å². The second-order valence-corrected chi connectivity index (χ2v) is 14.5. The lowest BCUT2D eigenvalue weighted by molar-refractivity contribution is -0.151. The van der Waals surface area contributed by atoms with Gasteiger partial charge >= 0.3 is 19.9 Å². The monoisotopic (exact) mass is 675 g/mol. The van der Waals surface area contributed by atoms with E-state index in [1.165, 1.54) is 64.2 Å². The van der Waals surface area contributed by atoms with Crippen LogP contribution < -0.4 is 5.32 Å². The number of nitrogens with one attached hydrogen (secondary N) is 1. The Labute approximate surface area is 282 Å². The van der Waals surface area contributed by atoms with Crippen molar-refractivity contribution in [3.05, 3.63) is 71.8 Å². The SMILES string of the molecule is CCCCCCCCCCCCCCCCOP(=O)(O)OC[C@H](NC(=O)OC(C)(C)C)C(=O)OC(c1ccccc1)c1ccccc1. The van der Waals surface area contributed by atoms with Gasteiger partial charge in [-0.2, -0.15) is 0 Å². The molecule has 2 aromatic rings. The van der Waals surface area contributed by atoms with Crippen molar-refractivity contribution in [1.29, 1.82) is 0 Å². The predicted octanol–water partition coefficient (Wildman–Crippen LogP) is 9.83. The van der Waals surface area contributed by atoms with E-state index in [0.29, 0.717) is 17.5 Å². The maximum atomic E-state index is 13.4. The Balaban J connectivity index is 1.82. The Bertz CT molecular complexity index is 1130. The third-order valence-corrected chi connectivity index (χ3v) is 8.56. The van der Waals surface area contributed by atoms with Gasteiger partial charge in [0.05, 0.1) is 13.2 Å². The van der Waals surface area contributed by atoms with Crippen molar-refractivity contribution in [2.24, 2.45) is 0 Å². The summed E-state index contributed by atoms with van der Waals surface area (Å²) >= 11 is 0. The summed E-state index contributed by atoms with van der Waals surface area (Å²) in [7, 11) is -4.51. The highest BCUT2D eigenvalue weighted by molar-refractivity contribution is 7.47. The molecule has 2 N–H and O–H groups in total. The lowest BCUT2D eigenvalue weighted by atomic mass is 10.0. The van der Waals surface area contributed by atoms with Gasteiger partial charge in [-0.15, -0.1) is 0 Å². The molecule has 0 heterocycles. The van der Waals surface area contributed by atoms with E-state index in [0.717, 1.165) is 19.3 Å². The molecule has 0 fully saturated rings. The maximum Gasteiger partial charge on any atom is 0.472 e. The first-order chi connectivity index (χ1) is 22.5. The first-order valence-corrected chi connectivity index (χ1v) is 18.9. The zero-order chi connectivity index (χ0) is 34.4. The number of rotatable bonds is 24. The first-order valence-electron chi connectivity index (χ1n) is 17.4. The van der Waals surface area contributed by atoms with Crippen LogP contribution in [0.2, 0.25) is 0 Å². The molecular formula is C37H58NO8P. The van der Waals surface area contributed by atoms with E-state index in [4.69, 9.17) is 18.5 Å². The molecule has 10 heteroatoms. The number of benzene rings is 2. The Kier molecular flexibility index (Phi) is 19.6. The van der Waals surface area contributed by atoms with Crippen LogP contribution in [0.15, 0.2) is 60.7 Å². The summed E-state index contributed by atoms with van der Waals surface area (Å²) in [5.74, 6) is -0.861. The Hall–Kier alpha value is -2.71. The van der Waals surface area contributed by atoms with Crippen molar-refractivity contribution in [2.45, 2.75) is 135 Å². The highest BCUT2D eigenvalue weighted by atomic mass is 31.2. The molecule has 2 rings (SSSR count). The van der Waals surface area contributed by atoms with E-state index in [-0.39, 0.29) is 6.61 Å². The first kappa shape index (κ1) is 40.5. The molecule has 0 spiro atoms. The highest BCUT2D eigenvalue weighted by Crippen LogP contribution is 2.43. The van der Waals surface area contributed by atoms with E-state index >= 15 is 0 Å². The highest BCUT2D eigenvalue weighted by Gasteiger charge is 2.32. The second kappa shape index (κ2) is 22.8. The van der Waals surface area contributed by atoms with Crippen molar-refractivity contribution in [2.75, 3.05) is 13.2 Å². The Morgan fingerprint density at radius 3 is 1.62 bits per heavy atom. The van der Waals surface area contributed by atoms with E-state index in [9.17, 15) is 19.0 Å². The normalized spacial score (nSPS) is 13.6. The summed E-state index contributed by atoms with van der Waals surface area (Å²) < 4.78 is 34.2. The van der Waals surface area contributed by atoms with Crippen molar-refractivity contribution in [1.82, 2.24) is 5.32 Å². The molecule has 1 amide bonds. The minimum absolute atomic E-state index is 0.0461. The molecule has 47 heavy (non-hydrogen) atoms. The van der Waals surface area contributed by atoms with E-state index < -0.39 is 44.2 Å². The summed E-state index contributed by atoms with van der Waals surface area (Å²) in [5.41, 5.74) is 0.598. The van der Waals surface area contributed by atoms with Gasteiger partial charge in [-0.05, 0) is 38.3 Å². The smallest absolute Gasteiger partial charge is 0.451 e. The molecule has 0 radical (unpaired) electrons. The number of hydrogen-bond donors (Lipinski definition) is 2. The Morgan fingerprint density at radius 2 is 1.17 bits per heavy atom. The lowest BCUT2D eigenvalue weighted by Gasteiger charge is -2.25. The van der Waals surface area contributed by atoms with Crippen LogP contribution in [0.1, 0.15) is 135 Å². The van der Waals surface area contributed by atoms with Crippen LogP contribution in [-0.4, -0.2) is 41.8 Å². The Morgan fingerprint density at radius 1 is 0.723 bits per heavy atom. The van der Waals surface area contributed by atoms with E-state index in [1.807, 2.05) is 60.7 Å². The third-order valence-electron chi connectivity index (χ3n) is 7.57. The molecule has 2 aromatic carbocycles. The topological polar surface area (TPSA) is 120 Å². The number of phosphoric ester groups is 1.